The third kappa shape index (κ3) is 4.70. The van der Waals surface area contributed by atoms with E-state index in [4.69, 9.17) is 0 Å². The maximum Gasteiger partial charge on any atom is 0.205 e. The Morgan fingerprint density at radius 3 is 2.60 bits per heavy atom. The van der Waals surface area contributed by atoms with Crippen LogP contribution in [0.2, 0.25) is 0 Å². The lowest BCUT2D eigenvalue weighted by atomic mass is 9.96. The Labute approximate surface area is 127 Å². The lowest BCUT2D eigenvalue weighted by Crippen LogP contribution is -2.43. The fourth-order valence-corrected chi connectivity index (χ4v) is 3.24. The summed E-state index contributed by atoms with van der Waals surface area (Å²) < 4.78 is 4.45. The first-order chi connectivity index (χ1) is 9.48. The standard InChI is InChI=1S/C15H28N4S/c1-5-6-13-17-14(20-18-13)19-9-7-12(8-10-19)11-16-15(2,3)4/h12,16H,5-11H2,1-4H3. The van der Waals surface area contributed by atoms with Gasteiger partial charge in [-0.05, 0) is 52.5 Å². The average molecular weight is 296 g/mol. The topological polar surface area (TPSA) is 41.1 Å². The van der Waals surface area contributed by atoms with Gasteiger partial charge in [0.05, 0.1) is 0 Å². The van der Waals surface area contributed by atoms with Crippen LogP contribution in [-0.2, 0) is 6.42 Å². The molecular formula is C15H28N4S. The number of hydrogen-bond acceptors (Lipinski definition) is 5. The van der Waals surface area contributed by atoms with E-state index in [1.807, 2.05) is 0 Å². The highest BCUT2D eigenvalue weighted by Gasteiger charge is 2.22. The number of piperidine rings is 1. The van der Waals surface area contributed by atoms with E-state index in [9.17, 15) is 0 Å². The summed E-state index contributed by atoms with van der Waals surface area (Å²) in [4.78, 5) is 7.06. The van der Waals surface area contributed by atoms with Gasteiger partial charge in [-0.15, -0.1) is 0 Å². The molecule has 0 saturated carbocycles. The molecule has 1 N–H and O–H groups in total. The third-order valence-corrected chi connectivity index (χ3v) is 4.55. The highest BCUT2D eigenvalue weighted by molar-refractivity contribution is 7.09. The van der Waals surface area contributed by atoms with Gasteiger partial charge in [0, 0.05) is 36.6 Å². The Hall–Kier alpha value is -0.680. The molecule has 0 bridgehead atoms. The molecule has 20 heavy (non-hydrogen) atoms. The summed E-state index contributed by atoms with van der Waals surface area (Å²) in [7, 11) is 0. The van der Waals surface area contributed by atoms with Gasteiger partial charge in [0.25, 0.3) is 0 Å². The van der Waals surface area contributed by atoms with E-state index in [0.717, 1.165) is 49.3 Å². The number of aryl methyl sites for hydroxylation is 1. The van der Waals surface area contributed by atoms with Crippen molar-refractivity contribution in [3.63, 3.8) is 0 Å². The molecule has 0 aliphatic carbocycles. The van der Waals surface area contributed by atoms with E-state index in [1.54, 1.807) is 11.5 Å². The summed E-state index contributed by atoms with van der Waals surface area (Å²) in [5.41, 5.74) is 0.228. The number of nitrogens with one attached hydrogen (secondary N) is 1. The Kier molecular flexibility index (Phi) is 5.38. The zero-order chi connectivity index (χ0) is 14.6. The molecule has 0 atom stereocenters. The summed E-state index contributed by atoms with van der Waals surface area (Å²) in [5.74, 6) is 1.82. The normalized spacial score (nSPS) is 17.7. The molecule has 1 aliphatic rings. The van der Waals surface area contributed by atoms with Gasteiger partial charge in [0.1, 0.15) is 5.82 Å². The van der Waals surface area contributed by atoms with Crippen molar-refractivity contribution < 1.29 is 0 Å². The molecule has 0 amide bonds. The minimum atomic E-state index is 0.228. The molecule has 1 fully saturated rings. The average Bonchev–Trinajstić information content (AvgIpc) is 2.85. The Balaban J connectivity index is 1.78. The summed E-state index contributed by atoms with van der Waals surface area (Å²) in [6, 6.07) is 0. The lowest BCUT2D eigenvalue weighted by molar-refractivity contribution is 0.329. The first-order valence-electron chi connectivity index (χ1n) is 7.80. The summed E-state index contributed by atoms with van der Waals surface area (Å²) in [5, 5.41) is 4.74. The Morgan fingerprint density at radius 2 is 2.00 bits per heavy atom. The van der Waals surface area contributed by atoms with Crippen LogP contribution < -0.4 is 10.2 Å². The molecule has 0 unspecified atom stereocenters. The molecule has 4 nitrogen and oxygen atoms in total. The largest absolute Gasteiger partial charge is 0.347 e. The van der Waals surface area contributed by atoms with Crippen LogP contribution in [0.4, 0.5) is 5.13 Å². The number of hydrogen-bond donors (Lipinski definition) is 1. The van der Waals surface area contributed by atoms with Crippen LogP contribution in [0.1, 0.15) is 52.8 Å². The van der Waals surface area contributed by atoms with Crippen LogP contribution in [0.5, 0.6) is 0 Å². The van der Waals surface area contributed by atoms with E-state index < -0.39 is 0 Å². The lowest BCUT2D eigenvalue weighted by Gasteiger charge is -2.33. The molecule has 0 spiro atoms. The van der Waals surface area contributed by atoms with Crippen LogP contribution in [0.25, 0.3) is 0 Å². The van der Waals surface area contributed by atoms with Crippen molar-refractivity contribution in [3.05, 3.63) is 5.82 Å². The summed E-state index contributed by atoms with van der Waals surface area (Å²) >= 11 is 1.56. The maximum atomic E-state index is 4.65. The molecule has 1 aromatic rings. The molecule has 1 aliphatic heterocycles. The van der Waals surface area contributed by atoms with E-state index >= 15 is 0 Å². The molecule has 5 heteroatoms. The van der Waals surface area contributed by atoms with Crippen molar-refractivity contribution >= 4 is 16.7 Å². The van der Waals surface area contributed by atoms with E-state index in [0.29, 0.717) is 0 Å². The summed E-state index contributed by atoms with van der Waals surface area (Å²) in [6.45, 7) is 12.3. The summed E-state index contributed by atoms with van der Waals surface area (Å²) in [6.07, 6.45) is 4.64. The molecule has 1 aromatic heterocycles. The van der Waals surface area contributed by atoms with E-state index in [-0.39, 0.29) is 5.54 Å². The van der Waals surface area contributed by atoms with E-state index in [1.165, 1.54) is 12.8 Å². The molecule has 114 valence electrons. The van der Waals surface area contributed by atoms with Crippen LogP contribution in [0.15, 0.2) is 0 Å². The number of anilines is 1. The van der Waals surface area contributed by atoms with Crippen molar-refractivity contribution in [3.8, 4) is 0 Å². The number of rotatable bonds is 5. The minimum absolute atomic E-state index is 0.228. The first kappa shape index (κ1) is 15.7. The predicted molar refractivity (Wildman–Crippen MR) is 86.6 cm³/mol. The highest BCUT2D eigenvalue weighted by atomic mass is 32.1. The van der Waals surface area contributed by atoms with Gasteiger partial charge in [0.15, 0.2) is 0 Å². The number of aromatic nitrogens is 2. The molecule has 0 radical (unpaired) electrons. The van der Waals surface area contributed by atoms with Crippen molar-refractivity contribution in [2.75, 3.05) is 24.5 Å². The van der Waals surface area contributed by atoms with E-state index in [2.05, 4.69) is 47.3 Å². The van der Waals surface area contributed by atoms with Gasteiger partial charge >= 0.3 is 0 Å². The Bertz CT molecular complexity index is 402. The van der Waals surface area contributed by atoms with Gasteiger partial charge < -0.3 is 10.2 Å². The number of nitrogens with zero attached hydrogens (tertiary/aromatic N) is 3. The van der Waals surface area contributed by atoms with Crippen LogP contribution in [0.3, 0.4) is 0 Å². The zero-order valence-electron chi connectivity index (χ0n) is 13.3. The second-order valence-corrected chi connectivity index (χ2v) is 7.53. The third-order valence-electron chi connectivity index (χ3n) is 3.74. The second kappa shape index (κ2) is 6.85. The van der Waals surface area contributed by atoms with Gasteiger partial charge in [-0.2, -0.15) is 4.37 Å². The monoisotopic (exact) mass is 296 g/mol. The zero-order valence-corrected chi connectivity index (χ0v) is 14.1. The molecule has 0 aromatic carbocycles. The van der Waals surface area contributed by atoms with Gasteiger partial charge in [-0.1, -0.05) is 6.92 Å². The van der Waals surface area contributed by atoms with Gasteiger partial charge in [-0.25, -0.2) is 4.98 Å². The highest BCUT2D eigenvalue weighted by Crippen LogP contribution is 2.25. The van der Waals surface area contributed by atoms with Gasteiger partial charge in [-0.3, -0.25) is 0 Å². The molecule has 2 rings (SSSR count). The van der Waals surface area contributed by atoms with Crippen molar-refractivity contribution in [1.29, 1.82) is 0 Å². The molecule has 2 heterocycles. The van der Waals surface area contributed by atoms with Crippen molar-refractivity contribution in [2.45, 2.75) is 58.9 Å². The predicted octanol–water partition coefficient (Wildman–Crippen LogP) is 3.10. The quantitative estimate of drug-likeness (QED) is 0.906. The fraction of sp³-hybridized carbons (Fsp3) is 0.867. The van der Waals surface area contributed by atoms with Crippen LogP contribution in [-0.4, -0.2) is 34.5 Å². The maximum absolute atomic E-state index is 4.65. The smallest absolute Gasteiger partial charge is 0.205 e. The molecular weight excluding hydrogens is 268 g/mol. The van der Waals surface area contributed by atoms with Crippen molar-refractivity contribution in [1.82, 2.24) is 14.7 Å². The van der Waals surface area contributed by atoms with Crippen molar-refractivity contribution in [2.24, 2.45) is 5.92 Å². The SMILES string of the molecule is CCCc1nsc(N2CCC(CNC(C)(C)C)CC2)n1. The fourth-order valence-electron chi connectivity index (χ4n) is 2.48. The first-order valence-corrected chi connectivity index (χ1v) is 8.58. The van der Waals surface area contributed by atoms with Crippen LogP contribution in [0, 0.1) is 5.92 Å². The second-order valence-electron chi connectivity index (χ2n) is 6.80. The Morgan fingerprint density at radius 1 is 1.30 bits per heavy atom. The van der Waals surface area contributed by atoms with Crippen LogP contribution >= 0.6 is 11.5 Å². The van der Waals surface area contributed by atoms with Gasteiger partial charge in [0.2, 0.25) is 5.13 Å². The minimum Gasteiger partial charge on any atom is -0.347 e. The molecule has 1 saturated heterocycles.